The van der Waals surface area contributed by atoms with Crippen LogP contribution in [0.2, 0.25) is 0 Å². The number of rotatable bonds is 4. The van der Waals surface area contributed by atoms with Gasteiger partial charge < -0.3 is 19.1 Å². The normalized spacial score (nSPS) is 23.2. The molecule has 1 saturated heterocycles. The van der Waals surface area contributed by atoms with Crippen molar-refractivity contribution in [1.29, 1.82) is 0 Å². The molecule has 0 radical (unpaired) electrons. The van der Waals surface area contributed by atoms with Crippen LogP contribution in [-0.2, 0) is 19.0 Å². The van der Waals surface area contributed by atoms with Crippen LogP contribution in [-0.4, -0.2) is 55.6 Å². The largest absolute Gasteiger partial charge is 0.378 e. The second-order valence-corrected chi connectivity index (χ2v) is 6.48. The first-order valence-electron chi connectivity index (χ1n) is 7.46. The van der Waals surface area contributed by atoms with E-state index in [1.54, 1.807) is 7.11 Å². The highest BCUT2D eigenvalue weighted by Gasteiger charge is 2.41. The minimum Gasteiger partial charge on any atom is -0.378 e. The van der Waals surface area contributed by atoms with Crippen molar-refractivity contribution in [3.63, 3.8) is 0 Å². The number of methoxy groups -OCH3 is 1. The van der Waals surface area contributed by atoms with E-state index in [0.717, 1.165) is 25.7 Å². The van der Waals surface area contributed by atoms with Gasteiger partial charge in [0.05, 0.1) is 25.2 Å². The number of hydrogen-bond donors (Lipinski definition) is 0. The van der Waals surface area contributed by atoms with E-state index in [-0.39, 0.29) is 17.7 Å². The molecular weight excluding hydrogens is 258 g/mol. The molecule has 1 spiro atoms. The molecule has 0 N–H and O–H groups in total. The van der Waals surface area contributed by atoms with Gasteiger partial charge in [-0.05, 0) is 26.7 Å². The summed E-state index contributed by atoms with van der Waals surface area (Å²) in [5, 5.41) is 0. The Balaban J connectivity index is 1.85. The molecule has 116 valence electrons. The van der Waals surface area contributed by atoms with Gasteiger partial charge in [-0.1, -0.05) is 0 Å². The number of nitrogens with zero attached hydrogens (tertiary/aromatic N) is 1. The maximum atomic E-state index is 12.3. The lowest BCUT2D eigenvalue weighted by Gasteiger charge is -2.39. The molecule has 0 aromatic carbocycles. The zero-order chi connectivity index (χ0) is 14.8. The number of ether oxygens (including phenoxy) is 3. The van der Waals surface area contributed by atoms with Gasteiger partial charge in [0.15, 0.2) is 5.79 Å². The average molecular weight is 285 g/mol. The SMILES string of the molecule is COC(C)(C)CC(=O)N(C)C1CCC2(CC1)OCCO2. The van der Waals surface area contributed by atoms with Crippen molar-refractivity contribution in [3.8, 4) is 0 Å². The third-order valence-corrected chi connectivity index (χ3v) is 4.60. The Labute approximate surface area is 121 Å². The Kier molecular flexibility index (Phi) is 4.72. The van der Waals surface area contributed by atoms with Crippen molar-refractivity contribution in [1.82, 2.24) is 4.90 Å². The average Bonchev–Trinajstić information content (AvgIpc) is 2.87. The van der Waals surface area contributed by atoms with E-state index in [0.29, 0.717) is 19.6 Å². The summed E-state index contributed by atoms with van der Waals surface area (Å²) >= 11 is 0. The molecule has 20 heavy (non-hydrogen) atoms. The second-order valence-electron chi connectivity index (χ2n) is 6.48. The van der Waals surface area contributed by atoms with E-state index in [2.05, 4.69) is 0 Å². The van der Waals surface area contributed by atoms with Crippen LogP contribution >= 0.6 is 0 Å². The van der Waals surface area contributed by atoms with Crippen molar-refractivity contribution in [2.45, 2.75) is 63.4 Å². The number of hydrogen-bond acceptors (Lipinski definition) is 4. The summed E-state index contributed by atoms with van der Waals surface area (Å²) in [6, 6.07) is 0.286. The number of carbonyl (C=O) groups is 1. The fraction of sp³-hybridized carbons (Fsp3) is 0.933. The highest BCUT2D eigenvalue weighted by molar-refractivity contribution is 5.77. The van der Waals surface area contributed by atoms with Crippen LogP contribution in [0.5, 0.6) is 0 Å². The molecular formula is C15H27NO4. The first kappa shape index (κ1) is 15.7. The molecule has 2 fully saturated rings. The summed E-state index contributed by atoms with van der Waals surface area (Å²) in [6.45, 7) is 5.27. The molecule has 1 aliphatic heterocycles. The number of carbonyl (C=O) groups excluding carboxylic acids is 1. The highest BCUT2D eigenvalue weighted by atomic mass is 16.7. The van der Waals surface area contributed by atoms with Crippen molar-refractivity contribution < 1.29 is 19.0 Å². The third-order valence-electron chi connectivity index (χ3n) is 4.60. The van der Waals surface area contributed by atoms with Crippen LogP contribution in [0.15, 0.2) is 0 Å². The van der Waals surface area contributed by atoms with Crippen molar-refractivity contribution in [2.75, 3.05) is 27.4 Å². The molecule has 0 bridgehead atoms. The smallest absolute Gasteiger partial charge is 0.225 e. The van der Waals surface area contributed by atoms with Crippen LogP contribution in [0.25, 0.3) is 0 Å². The minimum atomic E-state index is -0.404. The lowest BCUT2D eigenvalue weighted by atomic mass is 9.89. The zero-order valence-electron chi connectivity index (χ0n) is 13.1. The van der Waals surface area contributed by atoms with Gasteiger partial charge in [-0.15, -0.1) is 0 Å². The molecule has 5 heteroatoms. The lowest BCUT2D eigenvalue weighted by Crippen LogP contribution is -2.46. The van der Waals surface area contributed by atoms with E-state index >= 15 is 0 Å². The lowest BCUT2D eigenvalue weighted by molar-refractivity contribution is -0.185. The monoisotopic (exact) mass is 285 g/mol. The molecule has 0 aromatic rings. The van der Waals surface area contributed by atoms with Gasteiger partial charge in [0.1, 0.15) is 0 Å². The topological polar surface area (TPSA) is 48.0 Å². The first-order chi connectivity index (χ1) is 9.37. The molecule has 5 nitrogen and oxygen atoms in total. The summed E-state index contributed by atoms with van der Waals surface area (Å²) in [4.78, 5) is 14.2. The van der Waals surface area contributed by atoms with Gasteiger partial charge in [-0.3, -0.25) is 4.79 Å². The van der Waals surface area contributed by atoms with Crippen LogP contribution in [0.1, 0.15) is 46.0 Å². The van der Waals surface area contributed by atoms with Crippen LogP contribution in [0.4, 0.5) is 0 Å². The fourth-order valence-corrected chi connectivity index (χ4v) is 2.98. The predicted molar refractivity (Wildman–Crippen MR) is 75.4 cm³/mol. The molecule has 2 aliphatic rings. The summed E-state index contributed by atoms with van der Waals surface area (Å²) in [5.74, 6) is -0.210. The van der Waals surface area contributed by atoms with E-state index in [1.165, 1.54) is 0 Å². The van der Waals surface area contributed by atoms with E-state index in [4.69, 9.17) is 14.2 Å². The van der Waals surface area contributed by atoms with E-state index in [9.17, 15) is 4.79 Å². The van der Waals surface area contributed by atoms with Crippen LogP contribution in [0, 0.1) is 0 Å². The Bertz CT molecular complexity index is 340. The summed E-state index contributed by atoms with van der Waals surface area (Å²) in [7, 11) is 3.54. The fourth-order valence-electron chi connectivity index (χ4n) is 2.98. The zero-order valence-corrected chi connectivity index (χ0v) is 13.1. The molecule has 1 amide bonds. The quantitative estimate of drug-likeness (QED) is 0.792. The van der Waals surface area contributed by atoms with Crippen LogP contribution in [0.3, 0.4) is 0 Å². The van der Waals surface area contributed by atoms with Gasteiger partial charge in [0.25, 0.3) is 0 Å². The van der Waals surface area contributed by atoms with E-state index in [1.807, 2.05) is 25.8 Å². The van der Waals surface area contributed by atoms with Gasteiger partial charge in [0.2, 0.25) is 5.91 Å². The maximum Gasteiger partial charge on any atom is 0.225 e. The third kappa shape index (κ3) is 3.51. The Morgan fingerprint density at radius 1 is 1.30 bits per heavy atom. The summed E-state index contributed by atoms with van der Waals surface area (Å²) < 4.78 is 16.8. The molecule has 0 aromatic heterocycles. The molecule has 1 heterocycles. The second kappa shape index (κ2) is 6.00. The van der Waals surface area contributed by atoms with Gasteiger partial charge in [-0.2, -0.15) is 0 Å². The molecule has 0 unspecified atom stereocenters. The minimum absolute atomic E-state index is 0.144. The Hall–Kier alpha value is -0.650. The summed E-state index contributed by atoms with van der Waals surface area (Å²) in [6.07, 6.45) is 4.05. The van der Waals surface area contributed by atoms with Crippen molar-refractivity contribution >= 4 is 5.91 Å². The molecule has 1 aliphatic carbocycles. The molecule has 2 rings (SSSR count). The molecule has 0 atom stereocenters. The Morgan fingerprint density at radius 2 is 1.85 bits per heavy atom. The number of amides is 1. The Morgan fingerprint density at radius 3 is 2.35 bits per heavy atom. The highest BCUT2D eigenvalue weighted by Crippen LogP contribution is 2.37. The molecule has 1 saturated carbocycles. The first-order valence-corrected chi connectivity index (χ1v) is 7.46. The standard InChI is InChI=1S/C15H27NO4/c1-14(2,18-4)11-13(17)16(3)12-5-7-15(8-6-12)19-9-10-20-15/h12H,5-11H2,1-4H3. The van der Waals surface area contributed by atoms with Gasteiger partial charge in [0, 0.05) is 33.0 Å². The van der Waals surface area contributed by atoms with Crippen molar-refractivity contribution in [2.24, 2.45) is 0 Å². The van der Waals surface area contributed by atoms with Crippen molar-refractivity contribution in [3.05, 3.63) is 0 Å². The van der Waals surface area contributed by atoms with Gasteiger partial charge >= 0.3 is 0 Å². The van der Waals surface area contributed by atoms with Crippen LogP contribution < -0.4 is 0 Å². The predicted octanol–water partition coefficient (Wildman–Crippen LogP) is 1.95. The van der Waals surface area contributed by atoms with Gasteiger partial charge in [-0.25, -0.2) is 0 Å². The van der Waals surface area contributed by atoms with E-state index < -0.39 is 5.60 Å². The maximum absolute atomic E-state index is 12.3. The summed E-state index contributed by atoms with van der Waals surface area (Å²) in [5.41, 5.74) is -0.404.